The fourth-order valence-corrected chi connectivity index (χ4v) is 2.56. The number of amides is 1. The smallest absolute Gasteiger partial charge is 0.222 e. The number of carbonyl (C=O) groups excluding carboxylic acids is 1. The molecule has 0 aromatic rings. The van der Waals surface area contributed by atoms with Crippen LogP contribution in [0.1, 0.15) is 84.0 Å². The highest BCUT2D eigenvalue weighted by molar-refractivity contribution is 7.80. The molecule has 3 heteroatoms. The van der Waals surface area contributed by atoms with E-state index in [2.05, 4.69) is 19.6 Å². The molecule has 20 heavy (non-hydrogen) atoms. The van der Waals surface area contributed by atoms with Gasteiger partial charge in [0.1, 0.15) is 0 Å². The average molecular weight is 302 g/mol. The third kappa shape index (κ3) is 12.8. The Morgan fingerprint density at radius 3 is 1.85 bits per heavy atom. The molecule has 2 nitrogen and oxygen atoms in total. The minimum atomic E-state index is 0.324. The van der Waals surface area contributed by atoms with Crippen LogP contribution in [-0.4, -0.2) is 30.2 Å². The molecular formula is C17H35NOS. The minimum Gasteiger partial charge on any atom is -0.346 e. The van der Waals surface area contributed by atoms with Crippen molar-refractivity contribution in [2.75, 3.05) is 19.3 Å². The number of unbranched alkanes of at least 4 members (excludes halogenated alkanes) is 9. The first kappa shape index (κ1) is 19.8. The van der Waals surface area contributed by atoms with Gasteiger partial charge in [-0.15, -0.1) is 0 Å². The molecule has 0 rings (SSSR count). The minimum absolute atomic E-state index is 0.324. The molecule has 0 fully saturated rings. The van der Waals surface area contributed by atoms with Crippen molar-refractivity contribution in [3.05, 3.63) is 0 Å². The summed E-state index contributed by atoms with van der Waals surface area (Å²) in [4.78, 5) is 13.7. The number of carbonyl (C=O) groups is 1. The fraction of sp³-hybridized carbons (Fsp3) is 0.941. The predicted molar refractivity (Wildman–Crippen MR) is 92.6 cm³/mol. The molecule has 0 N–H and O–H groups in total. The Bertz CT molecular complexity index is 221. The second-order valence-electron chi connectivity index (χ2n) is 5.82. The van der Waals surface area contributed by atoms with E-state index in [4.69, 9.17) is 0 Å². The Balaban J connectivity index is 3.24. The molecule has 0 spiro atoms. The SMILES string of the molecule is CCCCN(C)C(=O)CCCCCCCCCCCS. The molecule has 0 radical (unpaired) electrons. The van der Waals surface area contributed by atoms with E-state index < -0.39 is 0 Å². The summed E-state index contributed by atoms with van der Waals surface area (Å²) in [6.45, 7) is 3.08. The molecule has 0 bridgehead atoms. The van der Waals surface area contributed by atoms with Gasteiger partial charge < -0.3 is 4.90 Å². The fourth-order valence-electron chi connectivity index (χ4n) is 2.34. The standard InChI is InChI=1S/C17H35NOS/c1-3-4-15-18(2)17(19)14-12-10-8-6-5-7-9-11-13-16-20/h20H,3-16H2,1-2H3. The summed E-state index contributed by atoms with van der Waals surface area (Å²) in [7, 11) is 1.93. The van der Waals surface area contributed by atoms with Crippen molar-refractivity contribution >= 4 is 18.5 Å². The summed E-state index contributed by atoms with van der Waals surface area (Å²) in [6.07, 6.45) is 14.6. The lowest BCUT2D eigenvalue weighted by molar-refractivity contribution is -0.130. The van der Waals surface area contributed by atoms with Crippen LogP contribution in [0.2, 0.25) is 0 Å². The van der Waals surface area contributed by atoms with Crippen LogP contribution in [0.4, 0.5) is 0 Å². The highest BCUT2D eigenvalue weighted by atomic mass is 32.1. The molecule has 0 unspecified atom stereocenters. The van der Waals surface area contributed by atoms with Gasteiger partial charge in [-0.25, -0.2) is 0 Å². The van der Waals surface area contributed by atoms with Crippen molar-refractivity contribution in [2.24, 2.45) is 0 Å². The van der Waals surface area contributed by atoms with Gasteiger partial charge in [0.2, 0.25) is 5.91 Å². The second-order valence-corrected chi connectivity index (χ2v) is 6.27. The van der Waals surface area contributed by atoms with Crippen LogP contribution in [-0.2, 0) is 4.79 Å². The normalized spacial score (nSPS) is 10.8. The average Bonchev–Trinajstić information content (AvgIpc) is 2.46. The number of hydrogen-bond acceptors (Lipinski definition) is 2. The van der Waals surface area contributed by atoms with Crippen LogP contribution in [0.25, 0.3) is 0 Å². The Labute approximate surface area is 132 Å². The Kier molecular flexibility index (Phi) is 15.1. The molecule has 1 amide bonds. The summed E-state index contributed by atoms with van der Waals surface area (Å²) in [5.74, 6) is 1.35. The van der Waals surface area contributed by atoms with E-state index in [9.17, 15) is 4.79 Å². The summed E-state index contributed by atoms with van der Waals surface area (Å²) in [5, 5.41) is 0. The third-order valence-corrected chi connectivity index (χ3v) is 4.14. The van der Waals surface area contributed by atoms with Gasteiger partial charge in [0, 0.05) is 20.0 Å². The van der Waals surface area contributed by atoms with E-state index in [1.165, 1.54) is 51.4 Å². The molecular weight excluding hydrogens is 266 g/mol. The van der Waals surface area contributed by atoms with Gasteiger partial charge in [0.15, 0.2) is 0 Å². The van der Waals surface area contributed by atoms with Crippen molar-refractivity contribution in [3.8, 4) is 0 Å². The molecule has 0 atom stereocenters. The zero-order valence-corrected chi connectivity index (χ0v) is 14.6. The van der Waals surface area contributed by atoms with Gasteiger partial charge in [-0.05, 0) is 25.0 Å². The number of hydrogen-bond donors (Lipinski definition) is 1. The van der Waals surface area contributed by atoms with Gasteiger partial charge in [-0.3, -0.25) is 4.79 Å². The summed E-state index contributed by atoms with van der Waals surface area (Å²) >= 11 is 4.22. The molecule has 0 aliphatic carbocycles. The lowest BCUT2D eigenvalue weighted by Crippen LogP contribution is -2.27. The maximum absolute atomic E-state index is 11.8. The molecule has 120 valence electrons. The summed E-state index contributed by atoms with van der Waals surface area (Å²) in [6, 6.07) is 0. The third-order valence-electron chi connectivity index (χ3n) is 3.82. The highest BCUT2D eigenvalue weighted by Gasteiger charge is 2.06. The van der Waals surface area contributed by atoms with Crippen molar-refractivity contribution in [3.63, 3.8) is 0 Å². The van der Waals surface area contributed by atoms with Crippen LogP contribution >= 0.6 is 12.6 Å². The van der Waals surface area contributed by atoms with Gasteiger partial charge in [0.25, 0.3) is 0 Å². The molecule has 0 saturated carbocycles. The van der Waals surface area contributed by atoms with Crippen LogP contribution in [0, 0.1) is 0 Å². The first-order valence-corrected chi connectivity index (χ1v) is 9.20. The maximum atomic E-state index is 11.8. The lowest BCUT2D eigenvalue weighted by atomic mass is 10.1. The number of rotatable bonds is 14. The topological polar surface area (TPSA) is 20.3 Å². The number of nitrogens with zero attached hydrogens (tertiary/aromatic N) is 1. The van der Waals surface area contributed by atoms with Crippen molar-refractivity contribution in [1.82, 2.24) is 4.90 Å². The van der Waals surface area contributed by atoms with E-state index in [1.807, 2.05) is 11.9 Å². The quantitative estimate of drug-likeness (QED) is 0.350. The van der Waals surface area contributed by atoms with Crippen LogP contribution in [0.15, 0.2) is 0 Å². The largest absolute Gasteiger partial charge is 0.346 e. The Hall–Kier alpha value is -0.180. The van der Waals surface area contributed by atoms with Crippen molar-refractivity contribution in [1.29, 1.82) is 0 Å². The van der Waals surface area contributed by atoms with E-state index >= 15 is 0 Å². The lowest BCUT2D eigenvalue weighted by Gasteiger charge is -2.16. The summed E-state index contributed by atoms with van der Waals surface area (Å²) in [5.41, 5.74) is 0. The predicted octanol–water partition coefficient (Wildman–Crippen LogP) is 5.08. The van der Waals surface area contributed by atoms with Crippen LogP contribution < -0.4 is 0 Å². The first-order valence-electron chi connectivity index (χ1n) is 8.57. The van der Waals surface area contributed by atoms with Gasteiger partial charge in [0.05, 0.1) is 0 Å². The van der Waals surface area contributed by atoms with Gasteiger partial charge in [-0.1, -0.05) is 58.3 Å². The van der Waals surface area contributed by atoms with Crippen LogP contribution in [0.5, 0.6) is 0 Å². The second kappa shape index (κ2) is 15.2. The highest BCUT2D eigenvalue weighted by Crippen LogP contribution is 2.11. The van der Waals surface area contributed by atoms with E-state index in [0.717, 1.165) is 38.0 Å². The van der Waals surface area contributed by atoms with E-state index in [-0.39, 0.29) is 0 Å². The zero-order chi connectivity index (χ0) is 15.1. The Morgan fingerprint density at radius 2 is 1.35 bits per heavy atom. The van der Waals surface area contributed by atoms with E-state index in [0.29, 0.717) is 5.91 Å². The number of thiol groups is 1. The molecule has 0 saturated heterocycles. The van der Waals surface area contributed by atoms with Gasteiger partial charge >= 0.3 is 0 Å². The Morgan fingerprint density at radius 1 is 0.850 bits per heavy atom. The molecule has 0 heterocycles. The molecule has 0 aromatic heterocycles. The summed E-state index contributed by atoms with van der Waals surface area (Å²) < 4.78 is 0. The van der Waals surface area contributed by atoms with Crippen molar-refractivity contribution < 1.29 is 4.79 Å². The van der Waals surface area contributed by atoms with Gasteiger partial charge in [-0.2, -0.15) is 12.6 Å². The molecule has 0 aromatic carbocycles. The van der Waals surface area contributed by atoms with Crippen molar-refractivity contribution in [2.45, 2.75) is 84.0 Å². The zero-order valence-electron chi connectivity index (χ0n) is 13.7. The van der Waals surface area contributed by atoms with E-state index in [1.54, 1.807) is 0 Å². The van der Waals surface area contributed by atoms with Crippen LogP contribution in [0.3, 0.4) is 0 Å². The monoisotopic (exact) mass is 301 g/mol. The maximum Gasteiger partial charge on any atom is 0.222 e. The molecule has 0 aliphatic heterocycles. The first-order chi connectivity index (χ1) is 9.72. The molecule has 0 aliphatic rings.